The summed E-state index contributed by atoms with van der Waals surface area (Å²) in [5, 5.41) is 8.21. The standard InChI is InChI=1S/C19H17N5O3S/c1-27-16-6-11-2-3-17(25)23-13(11)8-14(16)24-18(26)7-12-10-28-19(22-12)15-9-20-4-5-21-15/h4-6,8-10H,2-3,7H2,1H3,(H,23,25)(H,24,26). The number of fused-ring (bicyclic) bond motifs is 1. The molecular weight excluding hydrogens is 378 g/mol. The number of rotatable bonds is 5. The van der Waals surface area contributed by atoms with Crippen LogP contribution in [-0.2, 0) is 22.4 Å². The van der Waals surface area contributed by atoms with Gasteiger partial charge in [-0.05, 0) is 24.1 Å². The summed E-state index contributed by atoms with van der Waals surface area (Å²) < 4.78 is 5.40. The summed E-state index contributed by atoms with van der Waals surface area (Å²) in [5.74, 6) is 0.298. The first-order valence-electron chi connectivity index (χ1n) is 8.64. The number of amides is 2. The maximum atomic E-state index is 12.5. The highest BCUT2D eigenvalue weighted by Crippen LogP contribution is 2.34. The number of ether oxygens (including phenoxy) is 1. The average Bonchev–Trinajstić information content (AvgIpc) is 3.16. The van der Waals surface area contributed by atoms with Crippen LogP contribution in [0.3, 0.4) is 0 Å². The lowest BCUT2D eigenvalue weighted by atomic mass is 10.0. The van der Waals surface area contributed by atoms with E-state index in [-0.39, 0.29) is 18.2 Å². The topological polar surface area (TPSA) is 106 Å². The number of aryl methyl sites for hydroxylation is 1. The normalized spacial score (nSPS) is 12.8. The molecule has 4 rings (SSSR count). The Kier molecular flexibility index (Phi) is 4.98. The summed E-state index contributed by atoms with van der Waals surface area (Å²) in [6, 6.07) is 3.58. The Morgan fingerprint density at radius 2 is 2.21 bits per heavy atom. The van der Waals surface area contributed by atoms with Crippen molar-refractivity contribution in [2.45, 2.75) is 19.3 Å². The molecule has 3 aromatic rings. The molecule has 1 aromatic carbocycles. The van der Waals surface area contributed by atoms with Crippen molar-refractivity contribution in [3.63, 3.8) is 0 Å². The number of nitrogens with zero attached hydrogens (tertiary/aromatic N) is 3. The number of hydrogen-bond acceptors (Lipinski definition) is 7. The molecule has 0 fully saturated rings. The van der Waals surface area contributed by atoms with Crippen molar-refractivity contribution < 1.29 is 14.3 Å². The van der Waals surface area contributed by atoms with Crippen LogP contribution >= 0.6 is 11.3 Å². The Labute approximate surface area is 165 Å². The maximum absolute atomic E-state index is 12.5. The third-order valence-electron chi connectivity index (χ3n) is 4.27. The zero-order valence-corrected chi connectivity index (χ0v) is 15.9. The van der Waals surface area contributed by atoms with Crippen molar-refractivity contribution >= 4 is 34.5 Å². The van der Waals surface area contributed by atoms with E-state index in [0.717, 1.165) is 5.56 Å². The number of carbonyl (C=O) groups excluding carboxylic acids is 2. The molecular formula is C19H17N5O3S. The quantitative estimate of drug-likeness (QED) is 0.688. The van der Waals surface area contributed by atoms with Gasteiger partial charge in [0.2, 0.25) is 11.8 Å². The highest BCUT2D eigenvalue weighted by molar-refractivity contribution is 7.13. The Morgan fingerprint density at radius 3 is 3.00 bits per heavy atom. The van der Waals surface area contributed by atoms with Gasteiger partial charge in [0.05, 0.1) is 31.1 Å². The molecule has 142 valence electrons. The number of carbonyl (C=O) groups is 2. The summed E-state index contributed by atoms with van der Waals surface area (Å²) >= 11 is 1.41. The van der Waals surface area contributed by atoms with Crippen LogP contribution in [0.5, 0.6) is 5.75 Å². The van der Waals surface area contributed by atoms with Crippen molar-refractivity contribution in [2.24, 2.45) is 0 Å². The van der Waals surface area contributed by atoms with E-state index in [1.54, 1.807) is 31.8 Å². The van der Waals surface area contributed by atoms with E-state index in [9.17, 15) is 9.59 Å². The van der Waals surface area contributed by atoms with Gasteiger partial charge >= 0.3 is 0 Å². The molecule has 0 spiro atoms. The molecule has 1 aliphatic heterocycles. The van der Waals surface area contributed by atoms with Gasteiger partial charge in [-0.1, -0.05) is 0 Å². The fraction of sp³-hybridized carbons (Fsp3) is 0.211. The van der Waals surface area contributed by atoms with E-state index < -0.39 is 0 Å². The molecule has 0 bridgehead atoms. The number of benzene rings is 1. The van der Waals surface area contributed by atoms with Gasteiger partial charge in [-0.15, -0.1) is 11.3 Å². The number of methoxy groups -OCH3 is 1. The molecule has 0 radical (unpaired) electrons. The Bertz CT molecular complexity index is 1040. The number of hydrogen-bond donors (Lipinski definition) is 2. The minimum absolute atomic E-state index is 0.0334. The highest BCUT2D eigenvalue weighted by atomic mass is 32.1. The van der Waals surface area contributed by atoms with E-state index in [4.69, 9.17) is 4.74 Å². The molecule has 2 aromatic heterocycles. The summed E-state index contributed by atoms with van der Waals surface area (Å²) in [4.78, 5) is 36.8. The van der Waals surface area contributed by atoms with Gasteiger partial charge in [-0.25, -0.2) is 4.98 Å². The molecule has 8 nitrogen and oxygen atoms in total. The van der Waals surface area contributed by atoms with Crippen LogP contribution < -0.4 is 15.4 Å². The third kappa shape index (κ3) is 3.84. The molecule has 2 N–H and O–H groups in total. The van der Waals surface area contributed by atoms with Crippen molar-refractivity contribution in [2.75, 3.05) is 17.7 Å². The van der Waals surface area contributed by atoms with Gasteiger partial charge in [0.15, 0.2) is 0 Å². The summed E-state index contributed by atoms with van der Waals surface area (Å²) in [6.45, 7) is 0. The second-order valence-corrected chi connectivity index (χ2v) is 7.08. The van der Waals surface area contributed by atoms with Gasteiger partial charge in [0, 0.05) is 29.9 Å². The Balaban J connectivity index is 1.49. The zero-order chi connectivity index (χ0) is 19.5. The second kappa shape index (κ2) is 7.73. The average molecular weight is 395 g/mol. The van der Waals surface area contributed by atoms with E-state index in [0.29, 0.717) is 46.4 Å². The van der Waals surface area contributed by atoms with Crippen molar-refractivity contribution in [1.82, 2.24) is 15.0 Å². The van der Waals surface area contributed by atoms with Crippen molar-refractivity contribution in [3.05, 3.63) is 47.4 Å². The van der Waals surface area contributed by atoms with E-state index >= 15 is 0 Å². The highest BCUT2D eigenvalue weighted by Gasteiger charge is 2.19. The second-order valence-electron chi connectivity index (χ2n) is 6.22. The number of aromatic nitrogens is 3. The molecule has 0 saturated carbocycles. The predicted octanol–water partition coefficient (Wildman–Crippen LogP) is 2.67. The Morgan fingerprint density at radius 1 is 1.32 bits per heavy atom. The van der Waals surface area contributed by atoms with Crippen LogP contribution in [-0.4, -0.2) is 33.9 Å². The first-order chi connectivity index (χ1) is 13.6. The van der Waals surface area contributed by atoms with Crippen LogP contribution in [0.2, 0.25) is 0 Å². The maximum Gasteiger partial charge on any atom is 0.230 e. The number of anilines is 2. The summed E-state index contributed by atoms with van der Waals surface area (Å²) in [7, 11) is 1.55. The van der Waals surface area contributed by atoms with Crippen LogP contribution in [0.1, 0.15) is 17.7 Å². The molecule has 2 amide bonds. The minimum atomic E-state index is -0.226. The van der Waals surface area contributed by atoms with Crippen LogP contribution in [0.15, 0.2) is 36.1 Å². The smallest absolute Gasteiger partial charge is 0.230 e. The lowest BCUT2D eigenvalue weighted by molar-refractivity contribution is -0.116. The lowest BCUT2D eigenvalue weighted by Crippen LogP contribution is -2.20. The fourth-order valence-corrected chi connectivity index (χ4v) is 3.73. The zero-order valence-electron chi connectivity index (χ0n) is 15.1. The monoisotopic (exact) mass is 395 g/mol. The lowest BCUT2D eigenvalue weighted by Gasteiger charge is -2.20. The molecule has 1 aliphatic rings. The number of nitrogens with one attached hydrogen (secondary N) is 2. The van der Waals surface area contributed by atoms with E-state index in [2.05, 4.69) is 25.6 Å². The molecule has 0 atom stereocenters. The molecule has 9 heteroatoms. The fourth-order valence-electron chi connectivity index (χ4n) is 2.95. The summed E-state index contributed by atoms with van der Waals surface area (Å²) in [6.07, 6.45) is 6.04. The van der Waals surface area contributed by atoms with Crippen LogP contribution in [0.25, 0.3) is 10.7 Å². The third-order valence-corrected chi connectivity index (χ3v) is 5.18. The van der Waals surface area contributed by atoms with Crippen molar-refractivity contribution in [1.29, 1.82) is 0 Å². The van der Waals surface area contributed by atoms with Crippen LogP contribution in [0, 0.1) is 0 Å². The number of thiazole rings is 1. The van der Waals surface area contributed by atoms with Crippen LogP contribution in [0.4, 0.5) is 11.4 Å². The first kappa shape index (κ1) is 18.1. The van der Waals surface area contributed by atoms with Gasteiger partial charge in [0.25, 0.3) is 0 Å². The van der Waals surface area contributed by atoms with Gasteiger partial charge in [0.1, 0.15) is 16.5 Å². The minimum Gasteiger partial charge on any atom is -0.495 e. The van der Waals surface area contributed by atoms with E-state index in [1.807, 2.05) is 11.4 Å². The molecule has 0 aliphatic carbocycles. The predicted molar refractivity (Wildman–Crippen MR) is 105 cm³/mol. The molecule has 0 saturated heterocycles. The Hall–Kier alpha value is -3.33. The van der Waals surface area contributed by atoms with Crippen molar-refractivity contribution in [3.8, 4) is 16.5 Å². The van der Waals surface area contributed by atoms with Gasteiger partial charge in [-0.3, -0.25) is 19.6 Å². The molecule has 3 heterocycles. The first-order valence-corrected chi connectivity index (χ1v) is 9.52. The SMILES string of the molecule is COc1cc2c(cc1NC(=O)Cc1csc(-c3cnccn3)n1)NC(=O)CC2. The molecule has 0 unspecified atom stereocenters. The van der Waals surface area contributed by atoms with E-state index in [1.165, 1.54) is 11.3 Å². The summed E-state index contributed by atoms with van der Waals surface area (Å²) in [5.41, 5.74) is 3.52. The van der Waals surface area contributed by atoms with Gasteiger partial charge in [-0.2, -0.15) is 0 Å². The molecule has 28 heavy (non-hydrogen) atoms. The largest absolute Gasteiger partial charge is 0.495 e. The van der Waals surface area contributed by atoms with Gasteiger partial charge < -0.3 is 15.4 Å².